The van der Waals surface area contributed by atoms with Crippen LogP contribution in [-0.4, -0.2) is 13.1 Å². The highest BCUT2D eigenvalue weighted by Crippen LogP contribution is 2.43. The number of hydrogen-bond donors (Lipinski definition) is 2. The Labute approximate surface area is 88.9 Å². The summed E-state index contributed by atoms with van der Waals surface area (Å²) >= 11 is 0. The van der Waals surface area contributed by atoms with E-state index in [2.05, 4.69) is 10.6 Å². The molecule has 3 heteroatoms. The average molecular weight is 206 g/mol. The number of nitrogens with one attached hydrogen (secondary N) is 2. The zero-order valence-corrected chi connectivity index (χ0v) is 8.65. The Hall–Kier alpha value is -1.25. The lowest BCUT2D eigenvalue weighted by molar-refractivity contribution is 0.171. The largest absolute Gasteiger partial charge is 0.383 e. The van der Waals surface area contributed by atoms with E-state index in [4.69, 9.17) is 0 Å². The van der Waals surface area contributed by atoms with Crippen LogP contribution in [0.2, 0.25) is 0 Å². The van der Waals surface area contributed by atoms with E-state index < -0.39 is 0 Å². The molecule has 0 unspecified atom stereocenters. The van der Waals surface area contributed by atoms with Gasteiger partial charge in [-0.2, -0.15) is 0 Å². The second-order valence-corrected chi connectivity index (χ2v) is 4.75. The molecule has 1 fully saturated rings. The van der Waals surface area contributed by atoms with Crippen LogP contribution in [0.25, 0.3) is 0 Å². The maximum Gasteiger partial charge on any atom is 0.125 e. The topological polar surface area (TPSA) is 24.1 Å². The van der Waals surface area contributed by atoms with Crippen LogP contribution >= 0.6 is 0 Å². The summed E-state index contributed by atoms with van der Waals surface area (Å²) in [4.78, 5) is 0. The molecule has 2 N–H and O–H groups in total. The Morgan fingerprint density at radius 2 is 1.80 bits per heavy atom. The summed E-state index contributed by atoms with van der Waals surface area (Å²) in [6.45, 7) is 1.98. The molecule has 2 nitrogen and oxygen atoms in total. The first-order chi connectivity index (χ1) is 7.27. The zero-order chi connectivity index (χ0) is 10.3. The molecule has 2 aliphatic rings. The molecule has 0 atom stereocenters. The van der Waals surface area contributed by atoms with Gasteiger partial charge in [0.1, 0.15) is 5.82 Å². The van der Waals surface area contributed by atoms with Crippen molar-refractivity contribution in [2.75, 3.05) is 23.7 Å². The average Bonchev–Trinajstić information content (AvgIpc) is 2.36. The SMILES string of the molecule is Fc1ccc2c(c1)NCC1(CCC1)CN2. The van der Waals surface area contributed by atoms with Gasteiger partial charge in [0.2, 0.25) is 0 Å². The summed E-state index contributed by atoms with van der Waals surface area (Å²) in [6.07, 6.45) is 3.89. The van der Waals surface area contributed by atoms with Gasteiger partial charge in [0, 0.05) is 18.5 Å². The molecule has 0 amide bonds. The summed E-state index contributed by atoms with van der Waals surface area (Å²) in [5.41, 5.74) is 2.34. The van der Waals surface area contributed by atoms with Gasteiger partial charge in [-0.05, 0) is 31.0 Å². The van der Waals surface area contributed by atoms with Gasteiger partial charge in [-0.25, -0.2) is 4.39 Å². The van der Waals surface area contributed by atoms with Crippen LogP contribution in [0.15, 0.2) is 18.2 Å². The molecule has 0 radical (unpaired) electrons. The Morgan fingerprint density at radius 3 is 2.47 bits per heavy atom. The molecule has 1 spiro atoms. The molecular weight excluding hydrogens is 191 g/mol. The van der Waals surface area contributed by atoms with E-state index >= 15 is 0 Å². The minimum atomic E-state index is -0.174. The van der Waals surface area contributed by atoms with E-state index in [0.29, 0.717) is 5.41 Å². The number of benzene rings is 1. The van der Waals surface area contributed by atoms with Crippen molar-refractivity contribution >= 4 is 11.4 Å². The van der Waals surface area contributed by atoms with Gasteiger partial charge in [-0.15, -0.1) is 0 Å². The molecule has 80 valence electrons. The van der Waals surface area contributed by atoms with Crippen LogP contribution in [0, 0.1) is 11.2 Å². The van der Waals surface area contributed by atoms with Gasteiger partial charge in [0.25, 0.3) is 0 Å². The molecule has 1 saturated carbocycles. The minimum Gasteiger partial charge on any atom is -0.383 e. The second kappa shape index (κ2) is 3.12. The summed E-state index contributed by atoms with van der Waals surface area (Å²) in [5.74, 6) is -0.174. The molecule has 1 aliphatic heterocycles. The standard InChI is InChI=1S/C12H15FN2/c13-9-2-3-10-11(6-9)15-8-12(7-14-10)4-1-5-12/h2-3,6,14-15H,1,4-5,7-8H2. The molecule has 0 bridgehead atoms. The van der Waals surface area contributed by atoms with Crippen molar-refractivity contribution in [1.29, 1.82) is 0 Å². The molecule has 1 heterocycles. The molecule has 1 aromatic carbocycles. The van der Waals surface area contributed by atoms with Gasteiger partial charge in [0.05, 0.1) is 11.4 Å². The molecular formula is C12H15FN2. The first kappa shape index (κ1) is 9.01. The first-order valence-electron chi connectivity index (χ1n) is 5.55. The number of anilines is 2. The highest BCUT2D eigenvalue weighted by atomic mass is 19.1. The molecule has 0 aromatic heterocycles. The van der Waals surface area contributed by atoms with Gasteiger partial charge in [0.15, 0.2) is 0 Å². The Balaban J connectivity index is 1.88. The van der Waals surface area contributed by atoms with Crippen LogP contribution in [0.4, 0.5) is 15.8 Å². The van der Waals surface area contributed by atoms with E-state index in [1.54, 1.807) is 6.07 Å². The van der Waals surface area contributed by atoms with E-state index in [0.717, 1.165) is 24.5 Å². The van der Waals surface area contributed by atoms with Gasteiger partial charge in [-0.3, -0.25) is 0 Å². The Kier molecular flexibility index (Phi) is 1.87. The smallest absolute Gasteiger partial charge is 0.125 e. The van der Waals surface area contributed by atoms with E-state index in [9.17, 15) is 4.39 Å². The zero-order valence-electron chi connectivity index (χ0n) is 8.65. The van der Waals surface area contributed by atoms with Crippen LogP contribution in [0.5, 0.6) is 0 Å². The Bertz CT molecular complexity index is 385. The van der Waals surface area contributed by atoms with Crippen LogP contribution in [0.1, 0.15) is 19.3 Å². The highest BCUT2D eigenvalue weighted by Gasteiger charge is 2.38. The van der Waals surface area contributed by atoms with E-state index in [-0.39, 0.29) is 5.82 Å². The van der Waals surface area contributed by atoms with Crippen LogP contribution in [0.3, 0.4) is 0 Å². The lowest BCUT2D eigenvalue weighted by Gasteiger charge is -2.41. The van der Waals surface area contributed by atoms with Crippen molar-refractivity contribution in [3.63, 3.8) is 0 Å². The molecule has 3 rings (SSSR count). The van der Waals surface area contributed by atoms with Crippen molar-refractivity contribution in [3.8, 4) is 0 Å². The summed E-state index contributed by atoms with van der Waals surface area (Å²) in [7, 11) is 0. The normalized spacial score (nSPS) is 21.9. The number of hydrogen-bond acceptors (Lipinski definition) is 2. The maximum atomic E-state index is 13.0. The summed E-state index contributed by atoms with van der Waals surface area (Å²) in [5, 5.41) is 6.77. The van der Waals surface area contributed by atoms with Crippen LogP contribution in [-0.2, 0) is 0 Å². The number of halogens is 1. The third-order valence-electron chi connectivity index (χ3n) is 3.70. The molecule has 15 heavy (non-hydrogen) atoms. The maximum absolute atomic E-state index is 13.0. The van der Waals surface area contributed by atoms with Crippen molar-refractivity contribution in [2.24, 2.45) is 5.41 Å². The van der Waals surface area contributed by atoms with Crippen molar-refractivity contribution in [2.45, 2.75) is 19.3 Å². The quantitative estimate of drug-likeness (QED) is 0.682. The van der Waals surface area contributed by atoms with Crippen molar-refractivity contribution < 1.29 is 4.39 Å². The van der Waals surface area contributed by atoms with Gasteiger partial charge < -0.3 is 10.6 Å². The molecule has 1 aliphatic carbocycles. The van der Waals surface area contributed by atoms with E-state index in [1.165, 1.54) is 25.3 Å². The Morgan fingerprint density at radius 1 is 1.07 bits per heavy atom. The number of fused-ring (bicyclic) bond motifs is 1. The second-order valence-electron chi connectivity index (χ2n) is 4.75. The lowest BCUT2D eigenvalue weighted by atomic mass is 9.69. The van der Waals surface area contributed by atoms with E-state index in [1.807, 2.05) is 6.07 Å². The van der Waals surface area contributed by atoms with Gasteiger partial charge in [-0.1, -0.05) is 6.42 Å². The third-order valence-corrected chi connectivity index (χ3v) is 3.70. The fourth-order valence-electron chi connectivity index (χ4n) is 2.48. The van der Waals surface area contributed by atoms with Crippen molar-refractivity contribution in [1.82, 2.24) is 0 Å². The first-order valence-corrected chi connectivity index (χ1v) is 5.55. The van der Waals surface area contributed by atoms with Crippen LogP contribution < -0.4 is 10.6 Å². The third kappa shape index (κ3) is 1.46. The lowest BCUT2D eigenvalue weighted by Crippen LogP contribution is -2.40. The summed E-state index contributed by atoms with van der Waals surface area (Å²) in [6, 6.07) is 4.89. The minimum absolute atomic E-state index is 0.174. The number of rotatable bonds is 0. The summed E-state index contributed by atoms with van der Waals surface area (Å²) < 4.78 is 13.0. The van der Waals surface area contributed by atoms with Gasteiger partial charge >= 0.3 is 0 Å². The monoisotopic (exact) mass is 206 g/mol. The molecule has 0 saturated heterocycles. The van der Waals surface area contributed by atoms with Crippen molar-refractivity contribution in [3.05, 3.63) is 24.0 Å². The predicted octanol–water partition coefficient (Wildman–Crippen LogP) is 2.83. The fraction of sp³-hybridized carbons (Fsp3) is 0.500. The highest BCUT2D eigenvalue weighted by molar-refractivity contribution is 5.69. The molecule has 1 aromatic rings. The fourth-order valence-corrected chi connectivity index (χ4v) is 2.48. The predicted molar refractivity (Wildman–Crippen MR) is 59.7 cm³/mol.